The van der Waals surface area contributed by atoms with Crippen molar-refractivity contribution in [1.29, 1.82) is 0 Å². The predicted octanol–water partition coefficient (Wildman–Crippen LogP) is 3.98. The number of benzene rings is 2. The third-order valence-corrected chi connectivity index (χ3v) is 3.59. The number of rotatable bonds is 5. The molecule has 1 unspecified atom stereocenters. The van der Waals surface area contributed by atoms with E-state index in [0.717, 1.165) is 17.5 Å². The van der Waals surface area contributed by atoms with Gasteiger partial charge in [-0.3, -0.25) is 0 Å². The van der Waals surface area contributed by atoms with Crippen LogP contribution in [0, 0.1) is 17.6 Å². The third kappa shape index (κ3) is 4.02. The molecule has 106 valence electrons. The van der Waals surface area contributed by atoms with E-state index in [1.807, 2.05) is 0 Å². The van der Waals surface area contributed by atoms with Gasteiger partial charge in [0.25, 0.3) is 0 Å². The summed E-state index contributed by atoms with van der Waals surface area (Å²) in [6.45, 7) is 0.488. The van der Waals surface area contributed by atoms with Crippen LogP contribution in [-0.2, 0) is 12.8 Å². The lowest BCUT2D eigenvalue weighted by molar-refractivity contribution is 0.529. The summed E-state index contributed by atoms with van der Waals surface area (Å²) in [4.78, 5) is 0. The molecule has 0 amide bonds. The van der Waals surface area contributed by atoms with Crippen LogP contribution in [0.3, 0.4) is 0 Å². The Morgan fingerprint density at radius 1 is 0.950 bits per heavy atom. The topological polar surface area (TPSA) is 26.0 Å². The fourth-order valence-electron chi connectivity index (χ4n) is 2.19. The first-order chi connectivity index (χ1) is 9.58. The van der Waals surface area contributed by atoms with E-state index in [2.05, 4.69) is 0 Å². The minimum atomic E-state index is -0.415. The zero-order valence-corrected chi connectivity index (χ0v) is 11.7. The van der Waals surface area contributed by atoms with Gasteiger partial charge in [0.2, 0.25) is 0 Å². The summed E-state index contributed by atoms with van der Waals surface area (Å²) >= 11 is 5.66. The largest absolute Gasteiger partial charge is 0.330 e. The molecule has 1 nitrogen and oxygen atoms in total. The maximum atomic E-state index is 13.4. The highest BCUT2D eigenvalue weighted by Crippen LogP contribution is 2.19. The Hall–Kier alpha value is -1.45. The van der Waals surface area contributed by atoms with E-state index in [4.69, 9.17) is 17.3 Å². The van der Waals surface area contributed by atoms with Crippen molar-refractivity contribution in [3.63, 3.8) is 0 Å². The average molecular weight is 296 g/mol. The zero-order valence-electron chi connectivity index (χ0n) is 11.0. The smallest absolute Gasteiger partial charge is 0.142 e. The molecule has 0 aliphatic heterocycles. The fraction of sp³-hybridized carbons (Fsp3) is 0.250. The van der Waals surface area contributed by atoms with Crippen LogP contribution in [0.25, 0.3) is 0 Å². The van der Waals surface area contributed by atoms with Crippen LogP contribution in [0.1, 0.15) is 11.1 Å². The summed E-state index contributed by atoms with van der Waals surface area (Å²) in [7, 11) is 0. The van der Waals surface area contributed by atoms with Gasteiger partial charge >= 0.3 is 0 Å². The van der Waals surface area contributed by atoms with E-state index in [-0.39, 0.29) is 16.8 Å². The van der Waals surface area contributed by atoms with Gasteiger partial charge in [-0.05, 0) is 60.7 Å². The van der Waals surface area contributed by atoms with E-state index in [0.29, 0.717) is 13.0 Å². The maximum Gasteiger partial charge on any atom is 0.142 e. The number of nitrogens with two attached hydrogens (primary N) is 1. The molecule has 2 aromatic rings. The first-order valence-corrected chi connectivity index (χ1v) is 6.84. The highest BCUT2D eigenvalue weighted by Gasteiger charge is 2.11. The lowest BCUT2D eigenvalue weighted by atomic mass is 9.92. The van der Waals surface area contributed by atoms with Gasteiger partial charge < -0.3 is 5.73 Å². The lowest BCUT2D eigenvalue weighted by Crippen LogP contribution is -2.19. The molecule has 4 heteroatoms. The summed E-state index contributed by atoms with van der Waals surface area (Å²) in [6, 6.07) is 11.2. The van der Waals surface area contributed by atoms with Crippen molar-refractivity contribution >= 4 is 11.6 Å². The van der Waals surface area contributed by atoms with Gasteiger partial charge in [0, 0.05) is 0 Å². The summed E-state index contributed by atoms with van der Waals surface area (Å²) < 4.78 is 26.3. The van der Waals surface area contributed by atoms with Crippen LogP contribution in [0.15, 0.2) is 42.5 Å². The summed E-state index contributed by atoms with van der Waals surface area (Å²) in [5, 5.41) is 0.122. The van der Waals surface area contributed by atoms with Crippen molar-refractivity contribution in [3.8, 4) is 0 Å². The van der Waals surface area contributed by atoms with E-state index in [1.54, 1.807) is 24.3 Å². The van der Waals surface area contributed by atoms with E-state index in [9.17, 15) is 8.78 Å². The molecule has 2 rings (SSSR count). The maximum absolute atomic E-state index is 13.4. The summed E-state index contributed by atoms with van der Waals surface area (Å²) in [5.41, 5.74) is 7.66. The molecule has 0 aliphatic carbocycles. The van der Waals surface area contributed by atoms with Crippen molar-refractivity contribution in [2.45, 2.75) is 12.8 Å². The predicted molar refractivity (Wildman–Crippen MR) is 77.8 cm³/mol. The van der Waals surface area contributed by atoms with Gasteiger partial charge in [-0.15, -0.1) is 0 Å². The summed E-state index contributed by atoms with van der Waals surface area (Å²) in [5.74, 6) is -0.486. The lowest BCUT2D eigenvalue weighted by Gasteiger charge is -2.15. The Labute approximate surface area is 122 Å². The SMILES string of the molecule is NCC(Cc1ccc(F)cc1)Cc1ccc(Cl)c(F)c1. The second-order valence-electron chi connectivity index (χ2n) is 4.88. The molecule has 2 N–H and O–H groups in total. The highest BCUT2D eigenvalue weighted by atomic mass is 35.5. The van der Waals surface area contributed by atoms with Crippen LogP contribution in [-0.4, -0.2) is 6.54 Å². The minimum Gasteiger partial charge on any atom is -0.330 e. The van der Waals surface area contributed by atoms with Crippen LogP contribution < -0.4 is 5.73 Å². The Bertz CT molecular complexity index is 569. The van der Waals surface area contributed by atoms with E-state index in [1.165, 1.54) is 18.2 Å². The van der Waals surface area contributed by atoms with E-state index >= 15 is 0 Å². The first kappa shape index (κ1) is 14.9. The van der Waals surface area contributed by atoms with Crippen LogP contribution in [0.2, 0.25) is 5.02 Å². The normalized spacial score (nSPS) is 12.4. The molecule has 0 heterocycles. The Morgan fingerprint density at radius 2 is 1.55 bits per heavy atom. The molecule has 0 aliphatic rings. The molecular formula is C16H16ClF2N. The van der Waals surface area contributed by atoms with Crippen molar-refractivity contribution in [3.05, 3.63) is 70.2 Å². The van der Waals surface area contributed by atoms with Gasteiger partial charge in [-0.2, -0.15) is 0 Å². The highest BCUT2D eigenvalue weighted by molar-refractivity contribution is 6.30. The Balaban J connectivity index is 2.04. The second-order valence-corrected chi connectivity index (χ2v) is 5.29. The molecule has 20 heavy (non-hydrogen) atoms. The molecule has 0 saturated carbocycles. The molecule has 0 saturated heterocycles. The fourth-order valence-corrected chi connectivity index (χ4v) is 2.31. The van der Waals surface area contributed by atoms with Gasteiger partial charge in [-0.1, -0.05) is 29.8 Å². The molecular weight excluding hydrogens is 280 g/mol. The van der Waals surface area contributed by atoms with Gasteiger partial charge in [0.05, 0.1) is 5.02 Å². The molecule has 2 aromatic carbocycles. The van der Waals surface area contributed by atoms with Crippen LogP contribution in [0.4, 0.5) is 8.78 Å². The van der Waals surface area contributed by atoms with Gasteiger partial charge in [-0.25, -0.2) is 8.78 Å². The Kier molecular flexibility index (Phi) is 5.10. The van der Waals surface area contributed by atoms with Crippen molar-refractivity contribution in [1.82, 2.24) is 0 Å². The third-order valence-electron chi connectivity index (χ3n) is 3.28. The zero-order chi connectivity index (χ0) is 14.5. The average Bonchev–Trinajstić information content (AvgIpc) is 2.44. The van der Waals surface area contributed by atoms with Gasteiger partial charge in [0.1, 0.15) is 11.6 Å². The first-order valence-electron chi connectivity index (χ1n) is 6.47. The second kappa shape index (κ2) is 6.82. The van der Waals surface area contributed by atoms with Crippen molar-refractivity contribution in [2.24, 2.45) is 11.7 Å². The number of halogens is 3. The molecule has 0 radical (unpaired) electrons. The molecule has 0 spiro atoms. The van der Waals surface area contributed by atoms with Crippen LogP contribution in [0.5, 0.6) is 0 Å². The summed E-state index contributed by atoms with van der Waals surface area (Å²) in [6.07, 6.45) is 1.41. The number of hydrogen-bond acceptors (Lipinski definition) is 1. The van der Waals surface area contributed by atoms with Crippen LogP contribution >= 0.6 is 11.6 Å². The van der Waals surface area contributed by atoms with E-state index < -0.39 is 5.82 Å². The van der Waals surface area contributed by atoms with Gasteiger partial charge in [0.15, 0.2) is 0 Å². The molecule has 0 aromatic heterocycles. The Morgan fingerprint density at radius 3 is 2.15 bits per heavy atom. The number of hydrogen-bond donors (Lipinski definition) is 1. The van der Waals surface area contributed by atoms with Crippen molar-refractivity contribution in [2.75, 3.05) is 6.54 Å². The quantitative estimate of drug-likeness (QED) is 0.887. The standard InChI is InChI=1S/C16H16ClF2N/c17-15-6-3-12(9-16(15)19)8-13(10-20)7-11-1-4-14(18)5-2-11/h1-6,9,13H,7-8,10,20H2. The van der Waals surface area contributed by atoms with Crippen molar-refractivity contribution < 1.29 is 8.78 Å². The minimum absolute atomic E-state index is 0.122. The monoisotopic (exact) mass is 295 g/mol. The molecule has 0 fully saturated rings. The molecule has 0 bridgehead atoms. The molecule has 1 atom stereocenters.